The number of halogens is 2. The van der Waals surface area contributed by atoms with Gasteiger partial charge >= 0.3 is 0 Å². The van der Waals surface area contributed by atoms with Crippen LogP contribution in [0, 0.1) is 22.0 Å². The van der Waals surface area contributed by atoms with Crippen molar-refractivity contribution in [2.45, 2.75) is 12.5 Å². The van der Waals surface area contributed by atoms with Crippen LogP contribution in [0.15, 0.2) is 17.3 Å². The van der Waals surface area contributed by atoms with Gasteiger partial charge in [0.1, 0.15) is 11.5 Å². The highest BCUT2D eigenvalue weighted by molar-refractivity contribution is 7.89. The molecule has 114 valence electrons. The summed E-state index contributed by atoms with van der Waals surface area (Å²) in [4.78, 5) is 10.5. The van der Waals surface area contributed by atoms with Crippen molar-refractivity contribution in [2.24, 2.45) is 5.18 Å². The monoisotopic (exact) mass is 318 g/mol. The lowest BCUT2D eigenvalue weighted by molar-refractivity contribution is 0.401. The fourth-order valence-corrected chi connectivity index (χ4v) is 3.63. The van der Waals surface area contributed by atoms with E-state index in [9.17, 15) is 22.1 Å². The van der Waals surface area contributed by atoms with Crippen LogP contribution in [0.2, 0.25) is 0 Å². The van der Waals surface area contributed by atoms with Gasteiger partial charge in [0.2, 0.25) is 16.0 Å². The molecular weight excluding hydrogens is 306 g/mol. The summed E-state index contributed by atoms with van der Waals surface area (Å²) in [7, 11) is -2.65. The van der Waals surface area contributed by atoms with Crippen LogP contribution in [-0.2, 0) is 15.6 Å². The van der Waals surface area contributed by atoms with Gasteiger partial charge in [-0.3, -0.25) is 5.41 Å². The first kappa shape index (κ1) is 15.3. The highest BCUT2D eigenvalue weighted by atomic mass is 32.2. The maximum atomic E-state index is 14.0. The molecule has 2 rings (SSSR count). The second-order valence-corrected chi connectivity index (χ2v) is 6.90. The molecule has 1 aliphatic rings. The molecule has 7 nitrogen and oxygen atoms in total. The summed E-state index contributed by atoms with van der Waals surface area (Å²) >= 11 is 0. The molecule has 1 aromatic rings. The molecule has 0 aliphatic carbocycles. The summed E-state index contributed by atoms with van der Waals surface area (Å²) in [6.07, 6.45) is 0. The van der Waals surface area contributed by atoms with Crippen molar-refractivity contribution in [3.05, 3.63) is 34.2 Å². The summed E-state index contributed by atoms with van der Waals surface area (Å²) in [6.45, 7) is 1.34. The molecule has 2 N–H and O–H groups in total. The van der Waals surface area contributed by atoms with Crippen LogP contribution >= 0.6 is 0 Å². The Morgan fingerprint density at radius 3 is 2.52 bits per heavy atom. The van der Waals surface area contributed by atoms with Crippen LogP contribution in [0.1, 0.15) is 12.5 Å². The Kier molecular flexibility index (Phi) is 3.44. The summed E-state index contributed by atoms with van der Waals surface area (Å²) in [5.74, 6) is -3.17. The largest absolute Gasteiger partial charge is 0.345 e. The van der Waals surface area contributed by atoms with Crippen LogP contribution in [-0.4, -0.2) is 31.5 Å². The zero-order chi connectivity index (χ0) is 16.0. The van der Waals surface area contributed by atoms with Crippen molar-refractivity contribution in [2.75, 3.05) is 12.8 Å². The van der Waals surface area contributed by atoms with Crippen molar-refractivity contribution in [1.82, 2.24) is 9.62 Å². The van der Waals surface area contributed by atoms with Crippen LogP contribution in [0.3, 0.4) is 0 Å². The van der Waals surface area contributed by atoms with E-state index in [0.717, 1.165) is 10.4 Å². The summed E-state index contributed by atoms with van der Waals surface area (Å²) in [6, 6.07) is 1.31. The highest BCUT2D eigenvalue weighted by Gasteiger charge is 2.43. The lowest BCUT2D eigenvalue weighted by Gasteiger charge is -2.40. The Hall–Kier alpha value is -2.10. The zero-order valence-electron chi connectivity index (χ0n) is 11.1. The van der Waals surface area contributed by atoms with Gasteiger partial charge in [-0.1, -0.05) is 0 Å². The SMILES string of the molecule is CN1C(=N)N[C@](C)(c2cc(N=O)c(F)cc2F)CS1(=O)=O. The van der Waals surface area contributed by atoms with Crippen molar-refractivity contribution < 1.29 is 17.2 Å². The molecule has 1 saturated heterocycles. The molecule has 0 unspecified atom stereocenters. The minimum Gasteiger partial charge on any atom is -0.345 e. The molecular formula is C11H12F2N4O3S. The minimum absolute atomic E-state index is 0.250. The van der Waals surface area contributed by atoms with E-state index in [1.807, 2.05) is 0 Å². The first-order valence-corrected chi connectivity index (χ1v) is 7.38. The Morgan fingerprint density at radius 1 is 1.38 bits per heavy atom. The number of hydrogen-bond donors (Lipinski definition) is 2. The second-order valence-electron chi connectivity index (χ2n) is 4.90. The number of hydrogen-bond acceptors (Lipinski definition) is 5. The molecule has 0 amide bonds. The molecule has 1 atom stereocenters. The Bertz CT molecular complexity index is 737. The average Bonchev–Trinajstić information content (AvgIpc) is 2.35. The second kappa shape index (κ2) is 4.72. The quantitative estimate of drug-likeness (QED) is 0.804. The van der Waals surface area contributed by atoms with E-state index in [-0.39, 0.29) is 5.56 Å². The van der Waals surface area contributed by atoms with E-state index in [0.29, 0.717) is 6.07 Å². The number of nitrogens with zero attached hydrogens (tertiary/aromatic N) is 2. The topological polar surface area (TPSA) is 103 Å². The standard InChI is InChI=1S/C11H12F2N4O3S/c1-11(5-21(19,20)17(2)10(14)15-11)6-3-9(16-18)8(13)4-7(6)12/h3-4H,5H2,1-2H3,(H2,14,15)/t11-/m0/s1. The summed E-state index contributed by atoms with van der Waals surface area (Å²) < 4.78 is 51.9. The maximum Gasteiger partial charge on any atom is 0.239 e. The molecule has 0 spiro atoms. The summed E-state index contributed by atoms with van der Waals surface area (Å²) in [5.41, 5.74) is -2.39. The third kappa shape index (κ3) is 2.46. The van der Waals surface area contributed by atoms with Gasteiger partial charge in [-0.15, -0.1) is 4.91 Å². The average molecular weight is 318 g/mol. The molecule has 1 heterocycles. The molecule has 10 heteroatoms. The van der Waals surface area contributed by atoms with E-state index in [1.165, 1.54) is 14.0 Å². The maximum absolute atomic E-state index is 14.0. The van der Waals surface area contributed by atoms with Crippen LogP contribution in [0.5, 0.6) is 0 Å². The number of rotatable bonds is 2. The number of benzene rings is 1. The summed E-state index contributed by atoms with van der Waals surface area (Å²) in [5, 5.41) is 12.6. The van der Waals surface area contributed by atoms with Crippen LogP contribution in [0.4, 0.5) is 14.5 Å². The fraction of sp³-hybridized carbons (Fsp3) is 0.364. The molecule has 1 fully saturated rings. The van der Waals surface area contributed by atoms with Gasteiger partial charge in [-0.2, -0.15) is 0 Å². The van der Waals surface area contributed by atoms with Gasteiger partial charge < -0.3 is 5.32 Å². The molecule has 0 aromatic heterocycles. The lowest BCUT2D eigenvalue weighted by Crippen LogP contribution is -2.61. The van der Waals surface area contributed by atoms with E-state index in [4.69, 9.17) is 5.41 Å². The van der Waals surface area contributed by atoms with Crippen LogP contribution < -0.4 is 5.32 Å². The number of nitroso groups, excluding NO2 is 1. The van der Waals surface area contributed by atoms with E-state index >= 15 is 0 Å². The van der Waals surface area contributed by atoms with Crippen LogP contribution in [0.25, 0.3) is 0 Å². The van der Waals surface area contributed by atoms with Crippen molar-refractivity contribution >= 4 is 21.7 Å². The first-order valence-electron chi connectivity index (χ1n) is 5.77. The van der Waals surface area contributed by atoms with Crippen molar-refractivity contribution in [1.29, 1.82) is 5.41 Å². The smallest absolute Gasteiger partial charge is 0.239 e. The molecule has 0 bridgehead atoms. The number of sulfonamides is 1. The van der Waals surface area contributed by atoms with Crippen molar-refractivity contribution in [3.63, 3.8) is 0 Å². The van der Waals surface area contributed by atoms with Gasteiger partial charge in [0, 0.05) is 18.7 Å². The van der Waals surface area contributed by atoms with Gasteiger partial charge in [-0.05, 0) is 18.2 Å². The number of nitrogens with one attached hydrogen (secondary N) is 2. The van der Waals surface area contributed by atoms with Gasteiger partial charge in [-0.25, -0.2) is 21.5 Å². The molecule has 0 saturated carbocycles. The van der Waals surface area contributed by atoms with Gasteiger partial charge in [0.15, 0.2) is 5.82 Å². The predicted molar refractivity (Wildman–Crippen MR) is 71.6 cm³/mol. The van der Waals surface area contributed by atoms with Gasteiger partial charge in [0.05, 0.1) is 11.3 Å². The molecule has 1 aromatic carbocycles. The Balaban J connectivity index is 2.60. The fourth-order valence-electron chi connectivity index (χ4n) is 2.15. The van der Waals surface area contributed by atoms with Gasteiger partial charge in [0.25, 0.3) is 0 Å². The minimum atomic E-state index is -3.84. The Morgan fingerprint density at radius 2 is 2.00 bits per heavy atom. The zero-order valence-corrected chi connectivity index (χ0v) is 12.0. The third-order valence-corrected chi connectivity index (χ3v) is 5.29. The van der Waals surface area contributed by atoms with E-state index in [1.54, 1.807) is 0 Å². The number of guanidine groups is 1. The molecule has 0 radical (unpaired) electrons. The predicted octanol–water partition coefficient (Wildman–Crippen LogP) is 1.38. The normalized spacial score (nSPS) is 24.6. The van der Waals surface area contributed by atoms with Crippen molar-refractivity contribution in [3.8, 4) is 0 Å². The van der Waals surface area contributed by atoms with E-state index in [2.05, 4.69) is 10.5 Å². The molecule has 1 aliphatic heterocycles. The highest BCUT2D eigenvalue weighted by Crippen LogP contribution is 2.33. The first-order chi connectivity index (χ1) is 9.60. The van der Waals surface area contributed by atoms with E-state index < -0.39 is 44.6 Å². The molecule has 21 heavy (non-hydrogen) atoms. The third-order valence-electron chi connectivity index (χ3n) is 3.33. The Labute approximate surface area is 119 Å². The lowest BCUT2D eigenvalue weighted by atomic mass is 9.92.